The van der Waals surface area contributed by atoms with Crippen LogP contribution in [-0.2, 0) is 20.6 Å². The maximum atomic E-state index is 13.8. The Morgan fingerprint density at radius 1 is 1.10 bits per heavy atom. The number of hydrogen-bond donors (Lipinski definition) is 2. The maximum Gasteiger partial charge on any atom is 0.416 e. The molecule has 208 valence electrons. The molecule has 4 rings (SSSR count). The number of amides is 3. The highest BCUT2D eigenvalue weighted by Gasteiger charge is 2.50. The molecule has 0 radical (unpaired) electrons. The van der Waals surface area contributed by atoms with Crippen LogP contribution >= 0.6 is 0 Å². The van der Waals surface area contributed by atoms with E-state index in [0.29, 0.717) is 36.1 Å². The van der Waals surface area contributed by atoms with Gasteiger partial charge in [0.1, 0.15) is 0 Å². The summed E-state index contributed by atoms with van der Waals surface area (Å²) in [4.78, 5) is 46.0. The van der Waals surface area contributed by atoms with Gasteiger partial charge in [0.2, 0.25) is 18.0 Å². The van der Waals surface area contributed by atoms with Crippen LogP contribution in [0.1, 0.15) is 62.6 Å². The van der Waals surface area contributed by atoms with Crippen molar-refractivity contribution in [1.82, 2.24) is 5.32 Å². The average Bonchev–Trinajstić information content (AvgIpc) is 3.36. The fourth-order valence-electron chi connectivity index (χ4n) is 5.73. The van der Waals surface area contributed by atoms with E-state index in [4.69, 9.17) is 5.73 Å². The number of rotatable bonds is 7. The van der Waals surface area contributed by atoms with Crippen LogP contribution in [0, 0.1) is 17.3 Å². The minimum Gasteiger partial charge on any atom is -0.369 e. The second-order valence-electron chi connectivity index (χ2n) is 10.8. The largest absolute Gasteiger partial charge is 0.416 e. The van der Waals surface area contributed by atoms with Gasteiger partial charge in [0.25, 0.3) is 5.91 Å². The Balaban J connectivity index is 1.76. The summed E-state index contributed by atoms with van der Waals surface area (Å²) in [6.45, 7) is 3.90. The number of benzene rings is 2. The van der Waals surface area contributed by atoms with Gasteiger partial charge >= 0.3 is 6.18 Å². The Hall–Kier alpha value is -3.69. The summed E-state index contributed by atoms with van der Waals surface area (Å²) in [6.07, 6.45) is -2.90. The van der Waals surface area contributed by atoms with Crippen LogP contribution in [0.2, 0.25) is 0 Å². The topological polar surface area (TPSA) is 105 Å². The molecular formula is C29H33F3N4O3. The van der Waals surface area contributed by atoms with Crippen molar-refractivity contribution in [3.63, 3.8) is 0 Å². The maximum absolute atomic E-state index is 13.8. The molecule has 2 aliphatic rings. The van der Waals surface area contributed by atoms with Crippen molar-refractivity contribution in [2.75, 3.05) is 11.9 Å². The Kier molecular flexibility index (Phi) is 7.86. The monoisotopic (exact) mass is 542 g/mol. The van der Waals surface area contributed by atoms with Crippen molar-refractivity contribution in [2.45, 2.75) is 58.3 Å². The van der Waals surface area contributed by atoms with E-state index in [0.717, 1.165) is 25.0 Å². The lowest BCUT2D eigenvalue weighted by atomic mass is 9.69. The number of carbonyl (C=O) groups is 3. The number of carbonyl (C=O) groups excluding carboxylic acids is 3. The van der Waals surface area contributed by atoms with Crippen LogP contribution in [0.3, 0.4) is 0 Å². The summed E-state index contributed by atoms with van der Waals surface area (Å²) in [5.74, 6) is -2.18. The van der Waals surface area contributed by atoms with Gasteiger partial charge in [0.15, 0.2) is 0 Å². The van der Waals surface area contributed by atoms with Crippen molar-refractivity contribution in [3.8, 4) is 0 Å². The zero-order chi connectivity index (χ0) is 28.5. The van der Waals surface area contributed by atoms with Gasteiger partial charge in [-0.2, -0.15) is 13.2 Å². The van der Waals surface area contributed by atoms with Crippen LogP contribution in [0.5, 0.6) is 0 Å². The molecule has 0 bridgehead atoms. The molecule has 0 aromatic heterocycles. The molecule has 0 saturated heterocycles. The van der Waals surface area contributed by atoms with Crippen molar-refractivity contribution in [1.29, 1.82) is 0 Å². The third-order valence-electron chi connectivity index (χ3n) is 7.78. The van der Waals surface area contributed by atoms with E-state index in [1.54, 1.807) is 31.3 Å². The number of halogens is 3. The van der Waals surface area contributed by atoms with Gasteiger partial charge in [0.05, 0.1) is 28.3 Å². The normalized spacial score (nSPS) is 19.8. The molecule has 10 heteroatoms. The third-order valence-corrected chi connectivity index (χ3v) is 7.78. The molecule has 1 fully saturated rings. The summed E-state index contributed by atoms with van der Waals surface area (Å²) in [7, 11) is 1.55. The molecule has 7 nitrogen and oxygen atoms in total. The van der Waals surface area contributed by atoms with Gasteiger partial charge in [-0.15, -0.1) is 0 Å². The minimum absolute atomic E-state index is 0.0838. The Morgan fingerprint density at radius 3 is 2.28 bits per heavy atom. The van der Waals surface area contributed by atoms with E-state index in [1.807, 2.05) is 13.8 Å². The molecule has 0 unspecified atom stereocenters. The molecule has 2 aromatic rings. The number of nitrogens with one attached hydrogen (secondary N) is 1. The number of fused-ring (bicyclic) bond motifs is 1. The van der Waals surface area contributed by atoms with Gasteiger partial charge in [0, 0.05) is 18.2 Å². The Bertz CT molecular complexity index is 1280. The molecule has 1 saturated carbocycles. The number of anilines is 1. The van der Waals surface area contributed by atoms with Crippen molar-refractivity contribution < 1.29 is 27.6 Å². The van der Waals surface area contributed by atoms with Gasteiger partial charge < -0.3 is 16.0 Å². The van der Waals surface area contributed by atoms with Gasteiger partial charge in [-0.1, -0.05) is 57.0 Å². The molecule has 39 heavy (non-hydrogen) atoms. The number of alkyl halides is 3. The van der Waals surface area contributed by atoms with Gasteiger partial charge in [-0.25, -0.2) is 4.99 Å². The molecule has 1 aliphatic carbocycles. The fraction of sp³-hybridized carbons (Fsp3) is 0.448. The summed E-state index contributed by atoms with van der Waals surface area (Å²) in [6, 6.07) is 11.4. The zero-order valence-electron chi connectivity index (χ0n) is 22.2. The van der Waals surface area contributed by atoms with E-state index in [2.05, 4.69) is 10.3 Å². The van der Waals surface area contributed by atoms with E-state index < -0.39 is 47.0 Å². The third kappa shape index (κ3) is 5.55. The highest BCUT2D eigenvalue weighted by Crippen LogP contribution is 2.46. The lowest BCUT2D eigenvalue weighted by molar-refractivity contribution is -0.142. The lowest BCUT2D eigenvalue weighted by Crippen LogP contribution is -2.53. The molecule has 3 amide bonds. The molecule has 2 aromatic carbocycles. The molecule has 1 heterocycles. The van der Waals surface area contributed by atoms with E-state index >= 15 is 0 Å². The van der Waals surface area contributed by atoms with Crippen LogP contribution < -0.4 is 16.0 Å². The number of primary amides is 1. The predicted octanol–water partition coefficient (Wildman–Crippen LogP) is 4.67. The van der Waals surface area contributed by atoms with Crippen molar-refractivity contribution in [3.05, 3.63) is 65.2 Å². The van der Waals surface area contributed by atoms with E-state index in [9.17, 15) is 27.6 Å². The zero-order valence-corrected chi connectivity index (χ0v) is 22.2. The number of likely N-dealkylation sites (N-methyl/N-ethyl adjacent to an activating group) is 1. The van der Waals surface area contributed by atoms with Gasteiger partial charge in [-0.05, 0) is 43.4 Å². The molecule has 2 atom stereocenters. The lowest BCUT2D eigenvalue weighted by Gasteiger charge is -2.35. The number of aliphatic imine (C=N–C) groups is 1. The first-order chi connectivity index (χ1) is 18.3. The van der Waals surface area contributed by atoms with Crippen molar-refractivity contribution >= 4 is 29.1 Å². The number of nitrogens with two attached hydrogens (primary N) is 1. The molecular weight excluding hydrogens is 509 g/mol. The molecule has 0 spiro atoms. The van der Waals surface area contributed by atoms with Crippen LogP contribution in [0.25, 0.3) is 0 Å². The molecule has 3 N–H and O–H groups in total. The number of benzodiazepines with no additional fused rings is 1. The second kappa shape index (κ2) is 10.8. The van der Waals surface area contributed by atoms with Crippen LogP contribution in [0.4, 0.5) is 18.9 Å². The first-order valence-corrected chi connectivity index (χ1v) is 13.1. The first kappa shape index (κ1) is 28.3. The summed E-state index contributed by atoms with van der Waals surface area (Å²) < 4.78 is 39.6. The highest BCUT2D eigenvalue weighted by molar-refractivity contribution is 6.20. The fourth-order valence-corrected chi connectivity index (χ4v) is 5.73. The van der Waals surface area contributed by atoms with Crippen molar-refractivity contribution in [2.24, 2.45) is 28.0 Å². The van der Waals surface area contributed by atoms with Crippen LogP contribution in [-0.4, -0.2) is 36.6 Å². The summed E-state index contributed by atoms with van der Waals surface area (Å²) in [5, 5.41) is 2.77. The molecule has 1 aliphatic heterocycles. The minimum atomic E-state index is -4.50. The number of nitrogens with zero attached hydrogens (tertiary/aromatic N) is 2. The highest BCUT2D eigenvalue weighted by atomic mass is 19.4. The average molecular weight is 543 g/mol. The summed E-state index contributed by atoms with van der Waals surface area (Å²) >= 11 is 0. The standard InChI is InChI=1S/C29H33F3N4O3/c1-17(2)16-21(28(27(33)39)14-6-7-15-28)25(37)35-24-26(38)36(3)22-9-5-4-8-20(22)23(34-24)18-10-12-19(13-11-18)29(30,31)32/h4-5,8-13,17,21,24H,6-7,14-16H2,1-3H3,(H2,33,39)(H,35,37)/t21-,24+/m0/s1. The second-order valence-corrected chi connectivity index (χ2v) is 10.8. The Labute approximate surface area is 225 Å². The first-order valence-electron chi connectivity index (χ1n) is 13.1. The van der Waals surface area contributed by atoms with Gasteiger partial charge in [-0.3, -0.25) is 14.4 Å². The smallest absolute Gasteiger partial charge is 0.369 e. The van der Waals surface area contributed by atoms with E-state index in [1.165, 1.54) is 17.0 Å². The number of para-hydroxylation sites is 1. The van der Waals surface area contributed by atoms with E-state index in [-0.39, 0.29) is 11.6 Å². The Morgan fingerprint density at radius 2 is 1.72 bits per heavy atom. The van der Waals surface area contributed by atoms with Crippen LogP contribution in [0.15, 0.2) is 53.5 Å². The number of hydrogen-bond acceptors (Lipinski definition) is 4. The summed E-state index contributed by atoms with van der Waals surface area (Å²) in [5.41, 5.74) is 5.71. The SMILES string of the molecule is CC(C)C[C@@H](C(=O)N[C@H]1N=C(c2ccc(C(F)(F)F)cc2)c2ccccc2N(C)C1=O)C1(C(N)=O)CCCC1. The predicted molar refractivity (Wildman–Crippen MR) is 142 cm³/mol. The quantitative estimate of drug-likeness (QED) is 0.531.